The Morgan fingerprint density at radius 3 is 2.92 bits per heavy atom. The molecule has 0 atom stereocenters. The van der Waals surface area contributed by atoms with Gasteiger partial charge in [-0.05, 0) is 31.4 Å². The summed E-state index contributed by atoms with van der Waals surface area (Å²) >= 11 is 0. The van der Waals surface area contributed by atoms with E-state index in [1.807, 2.05) is 19.2 Å². The van der Waals surface area contributed by atoms with Gasteiger partial charge in [0, 0.05) is 38.9 Å². The van der Waals surface area contributed by atoms with E-state index in [2.05, 4.69) is 49.4 Å². The molecule has 2 N–H and O–H groups in total. The minimum absolute atomic E-state index is 0.387. The van der Waals surface area contributed by atoms with Gasteiger partial charge in [0.15, 0.2) is 11.8 Å². The molecule has 3 rings (SSSR count). The number of hydrogen-bond donors (Lipinski definition) is 2. The van der Waals surface area contributed by atoms with Gasteiger partial charge in [0.05, 0.1) is 6.10 Å². The molecule has 1 aliphatic rings. The summed E-state index contributed by atoms with van der Waals surface area (Å²) in [4.78, 5) is 10.9. The van der Waals surface area contributed by atoms with Crippen molar-refractivity contribution in [1.29, 1.82) is 0 Å². The predicted octanol–water partition coefficient (Wildman–Crippen LogP) is 2.05. The van der Waals surface area contributed by atoms with Crippen LogP contribution in [0.15, 0.2) is 35.6 Å². The van der Waals surface area contributed by atoms with E-state index >= 15 is 0 Å². The fraction of sp³-hybridized carbons (Fsp3) is 0.500. The zero-order valence-corrected chi connectivity index (χ0v) is 14.9. The molecule has 0 amide bonds. The first-order valence-electron chi connectivity index (χ1n) is 8.82. The first kappa shape index (κ1) is 17.4. The fourth-order valence-corrected chi connectivity index (χ4v) is 3.16. The molecule has 1 aromatic carbocycles. The Morgan fingerprint density at radius 1 is 1.40 bits per heavy atom. The molecule has 1 aliphatic heterocycles. The van der Waals surface area contributed by atoms with E-state index < -0.39 is 0 Å². The molecule has 0 unspecified atom stereocenters. The van der Waals surface area contributed by atoms with Crippen molar-refractivity contribution < 1.29 is 4.74 Å². The molecule has 0 radical (unpaired) electrons. The molecule has 7 nitrogen and oxygen atoms in total. The van der Waals surface area contributed by atoms with Crippen molar-refractivity contribution in [2.24, 2.45) is 4.99 Å². The summed E-state index contributed by atoms with van der Waals surface area (Å²) in [5, 5.41) is 10.3. The van der Waals surface area contributed by atoms with Crippen LogP contribution in [-0.4, -0.2) is 58.9 Å². The highest BCUT2D eigenvalue weighted by Crippen LogP contribution is 2.16. The predicted molar refractivity (Wildman–Crippen MR) is 98.2 cm³/mol. The topological polar surface area (TPSA) is 78.4 Å². The van der Waals surface area contributed by atoms with E-state index in [-0.39, 0.29) is 0 Å². The highest BCUT2D eigenvalue weighted by Gasteiger charge is 2.21. The molecule has 0 aliphatic carbocycles. The molecule has 1 saturated heterocycles. The largest absolute Gasteiger partial charge is 0.378 e. The smallest absolute Gasteiger partial charge is 0.193 e. The first-order chi connectivity index (χ1) is 12.3. The molecule has 1 fully saturated rings. The van der Waals surface area contributed by atoms with Crippen LogP contribution in [-0.2, 0) is 11.3 Å². The van der Waals surface area contributed by atoms with Crippen LogP contribution in [0.2, 0.25) is 0 Å². The molecule has 7 heteroatoms. The summed E-state index contributed by atoms with van der Waals surface area (Å²) < 4.78 is 5.72. The number of hydrogen-bond acceptors (Lipinski definition) is 4. The highest BCUT2D eigenvalue weighted by molar-refractivity contribution is 5.80. The summed E-state index contributed by atoms with van der Waals surface area (Å²) in [6.45, 7) is 5.52. The van der Waals surface area contributed by atoms with Gasteiger partial charge in [-0.2, -0.15) is 5.10 Å². The zero-order chi connectivity index (χ0) is 17.5. The fourth-order valence-electron chi connectivity index (χ4n) is 3.16. The molecule has 134 valence electrons. The van der Waals surface area contributed by atoms with Gasteiger partial charge in [0.25, 0.3) is 0 Å². The monoisotopic (exact) mass is 342 g/mol. The number of rotatable bonds is 5. The van der Waals surface area contributed by atoms with Crippen LogP contribution in [0.5, 0.6) is 0 Å². The van der Waals surface area contributed by atoms with Crippen LogP contribution in [0.25, 0.3) is 11.4 Å². The summed E-state index contributed by atoms with van der Waals surface area (Å²) in [6, 6.07) is 8.27. The number of likely N-dealkylation sites (tertiary alicyclic amines) is 1. The van der Waals surface area contributed by atoms with Crippen molar-refractivity contribution in [2.75, 3.05) is 26.7 Å². The molecular weight excluding hydrogens is 316 g/mol. The quantitative estimate of drug-likeness (QED) is 0.642. The van der Waals surface area contributed by atoms with Crippen LogP contribution >= 0.6 is 0 Å². The highest BCUT2D eigenvalue weighted by atomic mass is 16.5. The van der Waals surface area contributed by atoms with Crippen LogP contribution in [0, 0.1) is 0 Å². The SMILES string of the molecule is CCOC1CCN(C(=NC)NCc2cccc(-c3ncn[nH]3)c2)CC1. The molecular formula is C18H26N6O. The first-order valence-corrected chi connectivity index (χ1v) is 8.82. The number of guanidine groups is 1. The third-order valence-electron chi connectivity index (χ3n) is 4.42. The number of aliphatic imine (C=N–C) groups is 1. The number of nitrogens with zero attached hydrogens (tertiary/aromatic N) is 4. The average molecular weight is 342 g/mol. The Labute approximate surface area is 148 Å². The lowest BCUT2D eigenvalue weighted by molar-refractivity contribution is 0.0263. The van der Waals surface area contributed by atoms with E-state index in [4.69, 9.17) is 4.74 Å². The lowest BCUT2D eigenvalue weighted by Gasteiger charge is -2.34. The number of ether oxygens (including phenoxy) is 1. The Bertz CT molecular complexity index is 677. The Balaban J connectivity index is 1.56. The maximum atomic E-state index is 5.72. The number of aromatic amines is 1. The molecule has 0 bridgehead atoms. The van der Waals surface area contributed by atoms with Crippen LogP contribution in [0.1, 0.15) is 25.3 Å². The van der Waals surface area contributed by atoms with Crippen LogP contribution < -0.4 is 5.32 Å². The molecule has 0 saturated carbocycles. The second-order valence-corrected chi connectivity index (χ2v) is 6.08. The maximum Gasteiger partial charge on any atom is 0.193 e. The minimum Gasteiger partial charge on any atom is -0.378 e. The Kier molecular flexibility index (Phi) is 6.00. The molecule has 0 spiro atoms. The van der Waals surface area contributed by atoms with Gasteiger partial charge in [-0.15, -0.1) is 0 Å². The summed E-state index contributed by atoms with van der Waals surface area (Å²) in [5.74, 6) is 1.73. The lowest BCUT2D eigenvalue weighted by atomic mass is 10.1. The van der Waals surface area contributed by atoms with Crippen molar-refractivity contribution in [1.82, 2.24) is 25.4 Å². The van der Waals surface area contributed by atoms with Crippen molar-refractivity contribution >= 4 is 5.96 Å². The minimum atomic E-state index is 0.387. The van der Waals surface area contributed by atoms with Gasteiger partial charge in [-0.1, -0.05) is 18.2 Å². The van der Waals surface area contributed by atoms with Crippen LogP contribution in [0.3, 0.4) is 0 Å². The molecule has 2 aromatic rings. The average Bonchev–Trinajstić information content (AvgIpc) is 3.19. The Morgan fingerprint density at radius 2 is 2.24 bits per heavy atom. The zero-order valence-electron chi connectivity index (χ0n) is 14.9. The van der Waals surface area contributed by atoms with Crippen molar-refractivity contribution in [3.05, 3.63) is 36.2 Å². The summed E-state index contributed by atoms with van der Waals surface area (Å²) in [5.41, 5.74) is 2.21. The second kappa shape index (κ2) is 8.62. The number of H-pyrrole nitrogens is 1. The van der Waals surface area contributed by atoms with Gasteiger partial charge in [-0.25, -0.2) is 4.98 Å². The molecule has 2 heterocycles. The molecule has 1 aromatic heterocycles. The van der Waals surface area contributed by atoms with Gasteiger partial charge in [0.2, 0.25) is 0 Å². The lowest BCUT2D eigenvalue weighted by Crippen LogP contribution is -2.46. The van der Waals surface area contributed by atoms with E-state index in [0.29, 0.717) is 6.10 Å². The summed E-state index contributed by atoms with van der Waals surface area (Å²) in [6.07, 6.45) is 4.01. The third kappa shape index (κ3) is 4.57. The summed E-state index contributed by atoms with van der Waals surface area (Å²) in [7, 11) is 1.84. The van der Waals surface area contributed by atoms with E-state index in [1.54, 1.807) is 0 Å². The standard InChI is InChI=1S/C18H26N6O/c1-3-25-16-7-9-24(10-8-16)18(19-2)20-12-14-5-4-6-15(11-14)17-21-13-22-23-17/h4-6,11,13,16H,3,7-10,12H2,1-2H3,(H,19,20)(H,21,22,23). The van der Waals surface area contributed by atoms with Crippen molar-refractivity contribution in [3.8, 4) is 11.4 Å². The van der Waals surface area contributed by atoms with Gasteiger partial charge in [0.1, 0.15) is 6.33 Å². The number of aromatic nitrogens is 3. The van der Waals surface area contributed by atoms with Crippen molar-refractivity contribution in [3.63, 3.8) is 0 Å². The second-order valence-electron chi connectivity index (χ2n) is 6.08. The maximum absolute atomic E-state index is 5.72. The number of piperidine rings is 1. The van der Waals surface area contributed by atoms with Crippen molar-refractivity contribution in [2.45, 2.75) is 32.4 Å². The van der Waals surface area contributed by atoms with Gasteiger partial charge < -0.3 is 15.0 Å². The number of nitrogens with one attached hydrogen (secondary N) is 2. The normalized spacial score (nSPS) is 16.2. The van der Waals surface area contributed by atoms with Crippen LogP contribution in [0.4, 0.5) is 0 Å². The van der Waals surface area contributed by atoms with E-state index in [1.165, 1.54) is 11.9 Å². The van der Waals surface area contributed by atoms with E-state index in [9.17, 15) is 0 Å². The van der Waals surface area contributed by atoms with Gasteiger partial charge >= 0.3 is 0 Å². The van der Waals surface area contributed by atoms with Gasteiger partial charge in [-0.3, -0.25) is 10.1 Å². The molecule has 25 heavy (non-hydrogen) atoms. The van der Waals surface area contributed by atoms with E-state index in [0.717, 1.165) is 56.4 Å². The third-order valence-corrected chi connectivity index (χ3v) is 4.42. The number of benzene rings is 1. The Hall–Kier alpha value is -2.41.